The monoisotopic (exact) mass is 328 g/mol. The number of carbonyl (C=O) groups is 3. The Morgan fingerprint density at radius 2 is 1.75 bits per heavy atom. The number of esters is 1. The van der Waals surface area contributed by atoms with Crippen molar-refractivity contribution in [1.29, 1.82) is 0 Å². The third kappa shape index (κ3) is 3.10. The number of hydrogen-bond acceptors (Lipinski definition) is 4. The van der Waals surface area contributed by atoms with Crippen molar-refractivity contribution in [1.82, 2.24) is 10.9 Å². The van der Waals surface area contributed by atoms with E-state index >= 15 is 0 Å². The van der Waals surface area contributed by atoms with E-state index in [9.17, 15) is 18.8 Å². The van der Waals surface area contributed by atoms with E-state index in [1.165, 1.54) is 18.2 Å². The van der Waals surface area contributed by atoms with Gasteiger partial charge in [0.1, 0.15) is 5.82 Å². The molecule has 0 radical (unpaired) electrons. The first kappa shape index (κ1) is 15.7. The fourth-order valence-corrected chi connectivity index (χ4v) is 2.39. The van der Waals surface area contributed by atoms with Crippen LogP contribution in [0.5, 0.6) is 0 Å². The number of carbonyl (C=O) groups excluding carboxylic acids is 3. The summed E-state index contributed by atoms with van der Waals surface area (Å²) in [6.07, 6.45) is -0.864. The average Bonchev–Trinajstić information content (AvgIpc) is 2.59. The molecule has 7 heteroatoms. The van der Waals surface area contributed by atoms with Gasteiger partial charge in [0.05, 0.1) is 11.1 Å². The summed E-state index contributed by atoms with van der Waals surface area (Å²) < 4.78 is 18.6. The smallest absolute Gasteiger partial charge is 0.339 e. The molecule has 0 saturated heterocycles. The van der Waals surface area contributed by atoms with Crippen molar-refractivity contribution in [3.05, 3.63) is 71.0 Å². The number of rotatable bonds is 2. The standard InChI is InChI=1S/C17H13FN2O4/c18-13-8-4-3-7-12(13)15(21)19-20-16(22)14-9-10-5-1-2-6-11(10)17(23)24-14/h1-8,14H,9H2,(H,19,21)(H,20,22). The highest BCUT2D eigenvalue weighted by atomic mass is 19.1. The van der Waals surface area contributed by atoms with E-state index in [0.717, 1.165) is 6.07 Å². The lowest BCUT2D eigenvalue weighted by molar-refractivity contribution is -0.131. The Balaban J connectivity index is 1.63. The zero-order valence-electron chi connectivity index (χ0n) is 12.4. The maximum absolute atomic E-state index is 13.5. The summed E-state index contributed by atoms with van der Waals surface area (Å²) in [5, 5.41) is 0. The van der Waals surface area contributed by atoms with Gasteiger partial charge in [0.2, 0.25) is 0 Å². The molecule has 2 amide bonds. The van der Waals surface area contributed by atoms with Crippen LogP contribution in [0.1, 0.15) is 26.3 Å². The summed E-state index contributed by atoms with van der Waals surface area (Å²) in [4.78, 5) is 35.8. The molecule has 0 aromatic heterocycles. The number of hydrogen-bond donors (Lipinski definition) is 2. The van der Waals surface area contributed by atoms with E-state index in [4.69, 9.17) is 4.74 Å². The number of amides is 2. The Morgan fingerprint density at radius 1 is 1.04 bits per heavy atom. The molecule has 2 aromatic rings. The van der Waals surface area contributed by atoms with Crippen LogP contribution in [0, 0.1) is 5.82 Å². The van der Waals surface area contributed by atoms with Crippen LogP contribution in [0.2, 0.25) is 0 Å². The summed E-state index contributed by atoms with van der Waals surface area (Å²) in [7, 11) is 0. The van der Waals surface area contributed by atoms with Gasteiger partial charge in [-0.05, 0) is 23.8 Å². The molecule has 1 heterocycles. The number of nitrogens with one attached hydrogen (secondary N) is 2. The average molecular weight is 328 g/mol. The molecule has 0 saturated carbocycles. The predicted molar refractivity (Wildman–Crippen MR) is 81.4 cm³/mol. The molecule has 1 unspecified atom stereocenters. The lowest BCUT2D eigenvalue weighted by Crippen LogP contribution is -2.49. The third-order valence-electron chi connectivity index (χ3n) is 3.60. The highest BCUT2D eigenvalue weighted by Gasteiger charge is 2.31. The summed E-state index contributed by atoms with van der Waals surface area (Å²) in [5.74, 6) is -2.80. The molecule has 6 nitrogen and oxygen atoms in total. The molecule has 24 heavy (non-hydrogen) atoms. The molecule has 1 aliphatic heterocycles. The van der Waals surface area contributed by atoms with Gasteiger partial charge >= 0.3 is 5.97 Å². The van der Waals surface area contributed by atoms with Crippen LogP contribution in [0.4, 0.5) is 4.39 Å². The number of halogens is 1. The first-order valence-electron chi connectivity index (χ1n) is 7.20. The molecule has 1 aliphatic rings. The van der Waals surface area contributed by atoms with Crippen molar-refractivity contribution < 1.29 is 23.5 Å². The van der Waals surface area contributed by atoms with Gasteiger partial charge in [-0.3, -0.25) is 20.4 Å². The van der Waals surface area contributed by atoms with E-state index < -0.39 is 29.7 Å². The zero-order valence-corrected chi connectivity index (χ0v) is 12.4. The molecule has 3 rings (SSSR count). The van der Waals surface area contributed by atoms with Gasteiger partial charge < -0.3 is 4.74 Å². The minimum Gasteiger partial charge on any atom is -0.448 e. The Kier molecular flexibility index (Phi) is 4.24. The second kappa shape index (κ2) is 6.49. The maximum Gasteiger partial charge on any atom is 0.339 e. The van der Waals surface area contributed by atoms with Gasteiger partial charge in [0, 0.05) is 6.42 Å². The molecule has 0 aliphatic carbocycles. The number of ether oxygens (including phenoxy) is 1. The zero-order chi connectivity index (χ0) is 17.1. The van der Waals surface area contributed by atoms with Crippen molar-refractivity contribution >= 4 is 17.8 Å². The largest absolute Gasteiger partial charge is 0.448 e. The molecule has 1 atom stereocenters. The lowest BCUT2D eigenvalue weighted by Gasteiger charge is -2.23. The van der Waals surface area contributed by atoms with Crippen LogP contribution in [0.25, 0.3) is 0 Å². The molecule has 122 valence electrons. The van der Waals surface area contributed by atoms with Gasteiger partial charge in [-0.2, -0.15) is 0 Å². The van der Waals surface area contributed by atoms with Gasteiger partial charge in [-0.1, -0.05) is 30.3 Å². The molecule has 2 N–H and O–H groups in total. The van der Waals surface area contributed by atoms with Crippen molar-refractivity contribution in [2.45, 2.75) is 12.5 Å². The Hall–Kier alpha value is -3.22. The summed E-state index contributed by atoms with van der Waals surface area (Å²) >= 11 is 0. The SMILES string of the molecule is O=C(NNC(=O)C1Cc2ccccc2C(=O)O1)c1ccccc1F. The summed E-state index contributed by atoms with van der Waals surface area (Å²) in [6.45, 7) is 0. The van der Waals surface area contributed by atoms with Gasteiger partial charge in [0.25, 0.3) is 11.8 Å². The third-order valence-corrected chi connectivity index (χ3v) is 3.60. The molecular formula is C17H13FN2O4. The minimum absolute atomic E-state index is 0.198. The maximum atomic E-state index is 13.5. The van der Waals surface area contributed by atoms with E-state index in [2.05, 4.69) is 10.9 Å². The van der Waals surface area contributed by atoms with Crippen LogP contribution in [-0.4, -0.2) is 23.9 Å². The van der Waals surface area contributed by atoms with E-state index in [-0.39, 0.29) is 12.0 Å². The quantitative estimate of drug-likeness (QED) is 0.644. The number of fused-ring (bicyclic) bond motifs is 1. The summed E-state index contributed by atoms with van der Waals surface area (Å²) in [5.41, 5.74) is 5.15. The van der Waals surface area contributed by atoms with Crippen molar-refractivity contribution in [3.8, 4) is 0 Å². The normalized spacial score (nSPS) is 15.9. The Morgan fingerprint density at radius 3 is 2.54 bits per heavy atom. The van der Waals surface area contributed by atoms with E-state index in [1.807, 2.05) is 0 Å². The second-order valence-corrected chi connectivity index (χ2v) is 5.18. The minimum atomic E-state index is -1.06. The highest BCUT2D eigenvalue weighted by Crippen LogP contribution is 2.20. The Labute approximate surface area is 136 Å². The molecule has 0 spiro atoms. The number of cyclic esters (lactones) is 1. The highest BCUT2D eigenvalue weighted by molar-refractivity contribution is 5.98. The van der Waals surface area contributed by atoms with Crippen molar-refractivity contribution in [3.63, 3.8) is 0 Å². The van der Waals surface area contributed by atoms with Gasteiger partial charge in [-0.15, -0.1) is 0 Å². The molecular weight excluding hydrogens is 315 g/mol. The molecule has 2 aromatic carbocycles. The first-order chi connectivity index (χ1) is 11.6. The molecule has 0 bridgehead atoms. The van der Waals surface area contributed by atoms with E-state index in [0.29, 0.717) is 11.1 Å². The molecule has 0 fully saturated rings. The van der Waals surface area contributed by atoms with E-state index in [1.54, 1.807) is 24.3 Å². The van der Waals surface area contributed by atoms with Crippen LogP contribution < -0.4 is 10.9 Å². The van der Waals surface area contributed by atoms with Gasteiger partial charge in [0.15, 0.2) is 6.10 Å². The number of benzene rings is 2. The first-order valence-corrected chi connectivity index (χ1v) is 7.20. The predicted octanol–water partition coefficient (Wildman–Crippen LogP) is 1.37. The van der Waals surface area contributed by atoms with Crippen molar-refractivity contribution in [2.75, 3.05) is 0 Å². The number of hydrazine groups is 1. The van der Waals surface area contributed by atoms with Gasteiger partial charge in [-0.25, -0.2) is 9.18 Å². The second-order valence-electron chi connectivity index (χ2n) is 5.18. The Bertz CT molecular complexity index is 822. The van der Waals surface area contributed by atoms with Crippen molar-refractivity contribution in [2.24, 2.45) is 0 Å². The fraction of sp³-hybridized carbons (Fsp3) is 0.118. The fourth-order valence-electron chi connectivity index (χ4n) is 2.39. The van der Waals surface area contributed by atoms with Crippen LogP contribution in [-0.2, 0) is 16.0 Å². The summed E-state index contributed by atoms with van der Waals surface area (Å²) in [6, 6.07) is 12.2. The van der Waals surface area contributed by atoms with Crippen LogP contribution in [0.15, 0.2) is 48.5 Å². The topological polar surface area (TPSA) is 84.5 Å². The lowest BCUT2D eigenvalue weighted by atomic mass is 9.98. The van der Waals surface area contributed by atoms with Crippen LogP contribution >= 0.6 is 0 Å². The van der Waals surface area contributed by atoms with Crippen LogP contribution in [0.3, 0.4) is 0 Å².